The largest absolute Gasteiger partial charge is 0.322 e. The molecule has 0 aliphatic rings. The highest BCUT2D eigenvalue weighted by Gasteiger charge is 2.09. The lowest BCUT2D eigenvalue weighted by Crippen LogP contribution is -2.12. The van der Waals surface area contributed by atoms with E-state index in [0.29, 0.717) is 5.56 Å². The monoisotopic (exact) mass is 291 g/mol. The molecular formula is C18H17N3O. The van der Waals surface area contributed by atoms with E-state index in [2.05, 4.69) is 15.3 Å². The number of benzene rings is 2. The number of aryl methyl sites for hydroxylation is 3. The van der Waals surface area contributed by atoms with Crippen molar-refractivity contribution in [2.24, 2.45) is 0 Å². The van der Waals surface area contributed by atoms with Crippen molar-refractivity contribution in [3.63, 3.8) is 0 Å². The molecule has 0 unspecified atom stereocenters. The Morgan fingerprint density at radius 1 is 0.864 bits per heavy atom. The van der Waals surface area contributed by atoms with Crippen LogP contribution in [0.4, 0.5) is 5.69 Å². The van der Waals surface area contributed by atoms with E-state index in [1.165, 1.54) is 0 Å². The molecule has 4 nitrogen and oxygen atoms in total. The second-order valence-electron chi connectivity index (χ2n) is 5.42. The first-order chi connectivity index (χ1) is 10.5. The second kappa shape index (κ2) is 5.56. The predicted octanol–water partition coefficient (Wildman–Crippen LogP) is 3.81. The molecule has 1 aromatic heterocycles. The molecule has 0 saturated carbocycles. The molecule has 2 aromatic carbocycles. The van der Waals surface area contributed by atoms with Gasteiger partial charge in [0, 0.05) is 11.3 Å². The summed E-state index contributed by atoms with van der Waals surface area (Å²) in [5.41, 5.74) is 5.83. The number of nitrogens with zero attached hydrogens (tertiary/aromatic N) is 2. The molecule has 0 bridgehead atoms. The highest BCUT2D eigenvalue weighted by molar-refractivity contribution is 6.05. The lowest BCUT2D eigenvalue weighted by Gasteiger charge is -2.07. The van der Waals surface area contributed by atoms with Crippen LogP contribution in [-0.4, -0.2) is 15.9 Å². The maximum atomic E-state index is 12.3. The fourth-order valence-electron chi connectivity index (χ4n) is 2.21. The maximum Gasteiger partial charge on any atom is 0.255 e. The van der Waals surface area contributed by atoms with E-state index in [4.69, 9.17) is 0 Å². The maximum absolute atomic E-state index is 12.3. The quantitative estimate of drug-likeness (QED) is 0.781. The third-order valence-electron chi connectivity index (χ3n) is 3.65. The Hall–Kier alpha value is -2.75. The molecule has 3 aromatic rings. The van der Waals surface area contributed by atoms with Crippen molar-refractivity contribution in [2.75, 3.05) is 5.32 Å². The van der Waals surface area contributed by atoms with Gasteiger partial charge in [-0.3, -0.25) is 4.79 Å². The zero-order valence-electron chi connectivity index (χ0n) is 12.8. The molecule has 1 amide bonds. The fourth-order valence-corrected chi connectivity index (χ4v) is 2.21. The van der Waals surface area contributed by atoms with Gasteiger partial charge in [-0.15, -0.1) is 0 Å². The number of rotatable bonds is 2. The summed E-state index contributed by atoms with van der Waals surface area (Å²) in [6.45, 7) is 5.86. The smallest absolute Gasteiger partial charge is 0.255 e. The summed E-state index contributed by atoms with van der Waals surface area (Å²) in [5, 5.41) is 2.89. The summed E-state index contributed by atoms with van der Waals surface area (Å²) in [4.78, 5) is 21.3. The van der Waals surface area contributed by atoms with Gasteiger partial charge in [0.15, 0.2) is 0 Å². The number of amides is 1. The summed E-state index contributed by atoms with van der Waals surface area (Å²) in [7, 11) is 0. The fraction of sp³-hybridized carbons (Fsp3) is 0.167. The van der Waals surface area contributed by atoms with E-state index in [0.717, 1.165) is 33.7 Å². The number of aromatic nitrogens is 2. The van der Waals surface area contributed by atoms with Crippen LogP contribution in [0, 0.1) is 20.8 Å². The summed E-state index contributed by atoms with van der Waals surface area (Å²) in [6, 6.07) is 13.1. The Bertz CT molecular complexity index is 854. The topological polar surface area (TPSA) is 54.9 Å². The van der Waals surface area contributed by atoms with E-state index in [1.54, 1.807) is 12.1 Å². The first-order valence-electron chi connectivity index (χ1n) is 7.16. The van der Waals surface area contributed by atoms with Crippen molar-refractivity contribution in [1.29, 1.82) is 0 Å². The number of nitrogens with one attached hydrogen (secondary N) is 1. The van der Waals surface area contributed by atoms with E-state index in [9.17, 15) is 4.79 Å². The van der Waals surface area contributed by atoms with Crippen molar-refractivity contribution in [3.8, 4) is 0 Å². The molecule has 0 radical (unpaired) electrons. The third-order valence-corrected chi connectivity index (χ3v) is 3.65. The van der Waals surface area contributed by atoms with Gasteiger partial charge in [-0.2, -0.15) is 0 Å². The summed E-state index contributed by atoms with van der Waals surface area (Å²) in [6.07, 6.45) is 0. The zero-order chi connectivity index (χ0) is 15.7. The Morgan fingerprint density at radius 2 is 1.50 bits per heavy atom. The Kier molecular flexibility index (Phi) is 3.59. The molecule has 0 saturated heterocycles. The van der Waals surface area contributed by atoms with Crippen LogP contribution in [0.25, 0.3) is 11.0 Å². The summed E-state index contributed by atoms with van der Waals surface area (Å²) >= 11 is 0. The van der Waals surface area contributed by atoms with Crippen molar-refractivity contribution in [3.05, 3.63) is 65.0 Å². The number of hydrogen-bond acceptors (Lipinski definition) is 3. The Balaban J connectivity index is 1.90. The number of fused-ring (bicyclic) bond motifs is 1. The molecular weight excluding hydrogens is 274 g/mol. The number of anilines is 1. The van der Waals surface area contributed by atoms with Gasteiger partial charge in [0.2, 0.25) is 0 Å². The molecule has 0 aliphatic heterocycles. The predicted molar refractivity (Wildman–Crippen MR) is 88.1 cm³/mol. The molecule has 0 spiro atoms. The average Bonchev–Trinajstić information content (AvgIpc) is 2.50. The molecule has 3 rings (SSSR count). The van der Waals surface area contributed by atoms with Crippen LogP contribution in [0.15, 0.2) is 42.5 Å². The first-order valence-corrected chi connectivity index (χ1v) is 7.16. The van der Waals surface area contributed by atoms with Gasteiger partial charge in [-0.25, -0.2) is 9.97 Å². The highest BCUT2D eigenvalue weighted by atomic mass is 16.1. The van der Waals surface area contributed by atoms with Gasteiger partial charge in [-0.1, -0.05) is 17.7 Å². The van der Waals surface area contributed by atoms with Crippen molar-refractivity contribution >= 4 is 22.6 Å². The van der Waals surface area contributed by atoms with E-state index in [-0.39, 0.29) is 5.91 Å². The average molecular weight is 291 g/mol. The van der Waals surface area contributed by atoms with E-state index < -0.39 is 0 Å². The number of carbonyl (C=O) groups is 1. The van der Waals surface area contributed by atoms with Gasteiger partial charge >= 0.3 is 0 Å². The minimum absolute atomic E-state index is 0.147. The van der Waals surface area contributed by atoms with Gasteiger partial charge in [0.05, 0.1) is 22.4 Å². The minimum atomic E-state index is -0.147. The third kappa shape index (κ3) is 2.81. The van der Waals surface area contributed by atoms with Gasteiger partial charge < -0.3 is 5.32 Å². The molecule has 1 heterocycles. The van der Waals surface area contributed by atoms with Crippen LogP contribution in [0.2, 0.25) is 0 Å². The van der Waals surface area contributed by atoms with Crippen molar-refractivity contribution < 1.29 is 4.79 Å². The van der Waals surface area contributed by atoms with Crippen molar-refractivity contribution in [1.82, 2.24) is 9.97 Å². The minimum Gasteiger partial charge on any atom is -0.322 e. The molecule has 4 heteroatoms. The van der Waals surface area contributed by atoms with Gasteiger partial charge in [0.1, 0.15) is 0 Å². The standard InChI is InChI=1S/C18H17N3O/c1-11-4-7-15(8-5-11)21-18(22)14-6-9-16-17(10-14)20-13(3)12(2)19-16/h4-10H,1-3H3,(H,21,22). The molecule has 0 fully saturated rings. The van der Waals surface area contributed by atoms with Crippen LogP contribution in [0.1, 0.15) is 27.3 Å². The van der Waals surface area contributed by atoms with E-state index in [1.807, 2.05) is 51.1 Å². The van der Waals surface area contributed by atoms with Crippen LogP contribution < -0.4 is 5.32 Å². The first kappa shape index (κ1) is 14.2. The summed E-state index contributed by atoms with van der Waals surface area (Å²) in [5.74, 6) is -0.147. The molecule has 0 atom stereocenters. The lowest BCUT2D eigenvalue weighted by atomic mass is 10.1. The Morgan fingerprint density at radius 3 is 2.18 bits per heavy atom. The molecule has 0 aliphatic carbocycles. The normalized spacial score (nSPS) is 10.7. The zero-order valence-corrected chi connectivity index (χ0v) is 12.8. The highest BCUT2D eigenvalue weighted by Crippen LogP contribution is 2.16. The van der Waals surface area contributed by atoms with Gasteiger partial charge in [-0.05, 0) is 51.1 Å². The Labute approximate surface area is 129 Å². The second-order valence-corrected chi connectivity index (χ2v) is 5.42. The SMILES string of the molecule is Cc1ccc(NC(=O)c2ccc3nc(C)c(C)nc3c2)cc1. The van der Waals surface area contributed by atoms with E-state index >= 15 is 0 Å². The van der Waals surface area contributed by atoms with Crippen LogP contribution in [0.5, 0.6) is 0 Å². The number of carbonyl (C=O) groups excluding carboxylic acids is 1. The molecule has 1 N–H and O–H groups in total. The number of hydrogen-bond donors (Lipinski definition) is 1. The lowest BCUT2D eigenvalue weighted by molar-refractivity contribution is 0.102. The van der Waals surface area contributed by atoms with Crippen LogP contribution in [0.3, 0.4) is 0 Å². The summed E-state index contributed by atoms with van der Waals surface area (Å²) < 4.78 is 0. The molecule has 110 valence electrons. The van der Waals surface area contributed by atoms with Gasteiger partial charge in [0.25, 0.3) is 5.91 Å². The van der Waals surface area contributed by atoms with Crippen LogP contribution >= 0.6 is 0 Å². The van der Waals surface area contributed by atoms with Crippen LogP contribution in [-0.2, 0) is 0 Å². The van der Waals surface area contributed by atoms with Crippen molar-refractivity contribution in [2.45, 2.75) is 20.8 Å². The molecule has 22 heavy (non-hydrogen) atoms.